The number of nitrogens with one attached hydrogen (secondary N) is 1. The molecule has 18 heavy (non-hydrogen) atoms. The van der Waals surface area contributed by atoms with E-state index in [1.54, 1.807) is 29.2 Å². The largest absolute Gasteiger partial charge is 0.392 e. The van der Waals surface area contributed by atoms with Crippen molar-refractivity contribution in [3.05, 3.63) is 29.8 Å². The van der Waals surface area contributed by atoms with Crippen molar-refractivity contribution in [2.24, 2.45) is 0 Å². The maximum absolute atomic E-state index is 11.8. The molecule has 0 saturated carbocycles. The highest BCUT2D eigenvalue weighted by Gasteiger charge is 2.22. The summed E-state index contributed by atoms with van der Waals surface area (Å²) in [4.78, 5) is 24.7. The molecular weight excluding hydrogens is 232 g/mol. The summed E-state index contributed by atoms with van der Waals surface area (Å²) in [6.07, 6.45) is 1.35. The molecule has 1 saturated heterocycles. The van der Waals surface area contributed by atoms with Gasteiger partial charge >= 0.3 is 0 Å². The number of aliphatic hydroxyl groups excluding tert-OH is 1. The molecule has 96 valence electrons. The Labute approximate surface area is 105 Å². The van der Waals surface area contributed by atoms with Crippen LogP contribution >= 0.6 is 0 Å². The van der Waals surface area contributed by atoms with E-state index in [1.165, 1.54) is 0 Å². The number of hydrogen-bond donors (Lipinski definition) is 2. The van der Waals surface area contributed by atoms with Crippen LogP contribution in [0.25, 0.3) is 0 Å². The number of amides is 2. The number of carbonyl (C=O) groups is 2. The molecule has 0 aliphatic carbocycles. The fourth-order valence-corrected chi connectivity index (χ4v) is 2.01. The van der Waals surface area contributed by atoms with Crippen LogP contribution in [-0.4, -0.2) is 34.9 Å². The molecule has 2 rings (SSSR count). The van der Waals surface area contributed by atoms with E-state index in [2.05, 4.69) is 5.32 Å². The molecule has 2 N–H and O–H groups in total. The van der Waals surface area contributed by atoms with Crippen LogP contribution < -0.4 is 5.32 Å². The summed E-state index contributed by atoms with van der Waals surface area (Å²) in [5.74, 6) is -0.202. The van der Waals surface area contributed by atoms with Crippen LogP contribution in [0, 0.1) is 0 Å². The molecule has 2 amide bonds. The fraction of sp³-hybridized carbons (Fsp3) is 0.385. The van der Waals surface area contributed by atoms with Crippen molar-refractivity contribution in [2.45, 2.75) is 19.4 Å². The standard InChI is InChI=1S/C13H16N2O3/c16-9-10-4-1-2-5-11(10)14-12(17)8-15-7-3-6-13(15)18/h1-2,4-5,16H,3,6-9H2,(H,14,17). The quantitative estimate of drug-likeness (QED) is 0.825. The Morgan fingerprint density at radius 2 is 2.17 bits per heavy atom. The van der Waals surface area contributed by atoms with Crippen LogP contribution in [0.1, 0.15) is 18.4 Å². The van der Waals surface area contributed by atoms with E-state index in [4.69, 9.17) is 5.11 Å². The summed E-state index contributed by atoms with van der Waals surface area (Å²) in [7, 11) is 0. The molecule has 0 bridgehead atoms. The van der Waals surface area contributed by atoms with Crippen molar-refractivity contribution in [3.8, 4) is 0 Å². The van der Waals surface area contributed by atoms with Gasteiger partial charge in [-0.2, -0.15) is 0 Å². The van der Waals surface area contributed by atoms with Crippen LogP contribution in [-0.2, 0) is 16.2 Å². The Morgan fingerprint density at radius 1 is 1.39 bits per heavy atom. The van der Waals surface area contributed by atoms with Crippen molar-refractivity contribution in [1.82, 2.24) is 4.90 Å². The molecule has 1 fully saturated rings. The average Bonchev–Trinajstić information content (AvgIpc) is 2.75. The number of likely N-dealkylation sites (tertiary alicyclic amines) is 1. The molecule has 1 aromatic rings. The lowest BCUT2D eigenvalue weighted by Gasteiger charge is -2.15. The van der Waals surface area contributed by atoms with Crippen molar-refractivity contribution in [3.63, 3.8) is 0 Å². The highest BCUT2D eigenvalue weighted by atomic mass is 16.3. The number of para-hydroxylation sites is 1. The third-order valence-corrected chi connectivity index (χ3v) is 2.97. The van der Waals surface area contributed by atoms with Gasteiger partial charge in [0.05, 0.1) is 13.2 Å². The normalized spacial score (nSPS) is 14.9. The Morgan fingerprint density at radius 3 is 2.83 bits per heavy atom. The molecule has 1 aromatic carbocycles. The SMILES string of the molecule is O=C(CN1CCCC1=O)Nc1ccccc1CO. The van der Waals surface area contributed by atoms with Crippen molar-refractivity contribution >= 4 is 17.5 Å². The second-order valence-corrected chi connectivity index (χ2v) is 4.28. The van der Waals surface area contributed by atoms with E-state index in [-0.39, 0.29) is 25.0 Å². The predicted octanol–water partition coefficient (Wildman–Crippen LogP) is 0.740. The molecule has 0 unspecified atom stereocenters. The van der Waals surface area contributed by atoms with Crippen LogP contribution in [0.2, 0.25) is 0 Å². The molecule has 5 nitrogen and oxygen atoms in total. The molecule has 0 atom stereocenters. The van der Waals surface area contributed by atoms with E-state index < -0.39 is 0 Å². The zero-order valence-corrected chi connectivity index (χ0v) is 10.1. The summed E-state index contributed by atoms with van der Waals surface area (Å²) < 4.78 is 0. The van der Waals surface area contributed by atoms with Gasteiger partial charge in [-0.25, -0.2) is 0 Å². The number of benzene rings is 1. The number of aliphatic hydroxyl groups is 1. The molecule has 0 spiro atoms. The van der Waals surface area contributed by atoms with E-state index in [0.717, 1.165) is 6.42 Å². The molecule has 5 heteroatoms. The first-order valence-corrected chi connectivity index (χ1v) is 5.97. The molecular formula is C13H16N2O3. The molecule has 1 aliphatic heterocycles. The monoisotopic (exact) mass is 248 g/mol. The number of rotatable bonds is 4. The predicted molar refractivity (Wildman–Crippen MR) is 66.8 cm³/mol. The maximum Gasteiger partial charge on any atom is 0.244 e. The van der Waals surface area contributed by atoms with Gasteiger partial charge in [-0.3, -0.25) is 9.59 Å². The van der Waals surface area contributed by atoms with Crippen LogP contribution in [0.15, 0.2) is 24.3 Å². The topological polar surface area (TPSA) is 69.6 Å². The molecule has 1 heterocycles. The van der Waals surface area contributed by atoms with Crippen LogP contribution in [0.4, 0.5) is 5.69 Å². The van der Waals surface area contributed by atoms with Crippen molar-refractivity contribution in [2.75, 3.05) is 18.4 Å². The summed E-state index contributed by atoms with van der Waals surface area (Å²) in [6.45, 7) is 0.603. The fourth-order valence-electron chi connectivity index (χ4n) is 2.01. The zero-order chi connectivity index (χ0) is 13.0. The molecule has 0 radical (unpaired) electrons. The van der Waals surface area contributed by atoms with Gasteiger partial charge in [0.25, 0.3) is 0 Å². The summed E-state index contributed by atoms with van der Waals surface area (Å²) in [5.41, 5.74) is 1.26. The van der Waals surface area contributed by atoms with Gasteiger partial charge in [0.2, 0.25) is 11.8 Å². The van der Waals surface area contributed by atoms with Gasteiger partial charge in [0.15, 0.2) is 0 Å². The third kappa shape index (κ3) is 2.87. The van der Waals surface area contributed by atoms with Gasteiger partial charge in [-0.05, 0) is 12.5 Å². The first kappa shape index (κ1) is 12.6. The number of hydrogen-bond acceptors (Lipinski definition) is 3. The van der Waals surface area contributed by atoms with Crippen LogP contribution in [0.3, 0.4) is 0 Å². The van der Waals surface area contributed by atoms with E-state index in [9.17, 15) is 9.59 Å². The molecule has 1 aliphatic rings. The lowest BCUT2D eigenvalue weighted by Crippen LogP contribution is -2.34. The molecule has 0 aromatic heterocycles. The highest BCUT2D eigenvalue weighted by Crippen LogP contribution is 2.15. The lowest BCUT2D eigenvalue weighted by atomic mass is 10.2. The minimum absolute atomic E-state index is 0.0283. The zero-order valence-electron chi connectivity index (χ0n) is 10.1. The number of nitrogens with zero attached hydrogens (tertiary/aromatic N) is 1. The van der Waals surface area contributed by atoms with E-state index in [1.807, 2.05) is 0 Å². The summed E-state index contributed by atoms with van der Waals surface area (Å²) in [6, 6.07) is 7.06. The minimum Gasteiger partial charge on any atom is -0.392 e. The highest BCUT2D eigenvalue weighted by molar-refractivity contribution is 5.95. The van der Waals surface area contributed by atoms with E-state index >= 15 is 0 Å². The Hall–Kier alpha value is -1.88. The number of anilines is 1. The first-order chi connectivity index (χ1) is 8.70. The van der Waals surface area contributed by atoms with Crippen LogP contribution in [0.5, 0.6) is 0 Å². The second-order valence-electron chi connectivity index (χ2n) is 4.28. The summed E-state index contributed by atoms with van der Waals surface area (Å²) in [5, 5.41) is 11.9. The van der Waals surface area contributed by atoms with Gasteiger partial charge in [0.1, 0.15) is 0 Å². The smallest absolute Gasteiger partial charge is 0.244 e. The van der Waals surface area contributed by atoms with E-state index in [0.29, 0.717) is 24.2 Å². The van der Waals surface area contributed by atoms with Gasteiger partial charge in [-0.1, -0.05) is 18.2 Å². The van der Waals surface area contributed by atoms with Gasteiger partial charge < -0.3 is 15.3 Å². The Balaban J connectivity index is 1.96. The number of carbonyl (C=O) groups excluding carboxylic acids is 2. The third-order valence-electron chi connectivity index (χ3n) is 2.97. The lowest BCUT2D eigenvalue weighted by molar-refractivity contribution is -0.131. The average molecular weight is 248 g/mol. The second kappa shape index (κ2) is 5.64. The van der Waals surface area contributed by atoms with Gasteiger partial charge in [0, 0.05) is 24.2 Å². The Kier molecular flexibility index (Phi) is 3.94. The maximum atomic E-state index is 11.8. The minimum atomic E-state index is -0.230. The Bertz CT molecular complexity index is 459. The first-order valence-electron chi connectivity index (χ1n) is 5.97. The van der Waals surface area contributed by atoms with Crippen molar-refractivity contribution < 1.29 is 14.7 Å². The van der Waals surface area contributed by atoms with Crippen molar-refractivity contribution in [1.29, 1.82) is 0 Å². The van der Waals surface area contributed by atoms with Gasteiger partial charge in [-0.15, -0.1) is 0 Å². The summed E-state index contributed by atoms with van der Waals surface area (Å²) >= 11 is 0.